The zero-order chi connectivity index (χ0) is 10.8. The Bertz CT molecular complexity index is 496. The van der Waals surface area contributed by atoms with Crippen LogP contribution < -0.4 is 0 Å². The van der Waals surface area contributed by atoms with Crippen LogP contribution in [-0.4, -0.2) is 26.1 Å². The van der Waals surface area contributed by atoms with E-state index in [1.807, 2.05) is 0 Å². The quantitative estimate of drug-likeness (QED) is 0.900. The van der Waals surface area contributed by atoms with Crippen molar-refractivity contribution >= 4 is 21.9 Å². The fourth-order valence-electron chi connectivity index (χ4n) is 1.25. The fraction of sp³-hybridized carbons (Fsp3) is 0. The first-order valence-electron chi connectivity index (χ1n) is 4.08. The summed E-state index contributed by atoms with van der Waals surface area (Å²) in [5, 5.41) is 16.4. The highest BCUT2D eigenvalue weighted by atomic mass is 79.9. The second-order valence-electron chi connectivity index (χ2n) is 2.79. The minimum Gasteiger partial charge on any atom is -0.478 e. The average molecular weight is 268 g/mol. The summed E-state index contributed by atoms with van der Waals surface area (Å²) in [5.74, 6) is -1.01. The van der Waals surface area contributed by atoms with Crippen LogP contribution in [-0.2, 0) is 0 Å². The Balaban J connectivity index is 2.66. The molecule has 0 atom stereocenters. The van der Waals surface area contributed by atoms with Crippen LogP contribution in [0.25, 0.3) is 5.69 Å². The van der Waals surface area contributed by atoms with Crippen molar-refractivity contribution in [3.05, 3.63) is 40.6 Å². The van der Waals surface area contributed by atoms with Crippen LogP contribution in [0.15, 0.2) is 35.1 Å². The van der Waals surface area contributed by atoms with Crippen molar-refractivity contribution in [1.82, 2.24) is 15.0 Å². The Hall–Kier alpha value is -1.69. The average Bonchev–Trinajstić information content (AvgIpc) is 2.69. The van der Waals surface area contributed by atoms with Crippen LogP contribution in [0.5, 0.6) is 0 Å². The maximum atomic E-state index is 11.0. The summed E-state index contributed by atoms with van der Waals surface area (Å²) in [6.45, 7) is 0. The highest BCUT2D eigenvalue weighted by Gasteiger charge is 2.15. The maximum Gasteiger partial charge on any atom is 0.339 e. The molecular weight excluding hydrogens is 262 g/mol. The first kappa shape index (κ1) is 9.85. The Kier molecular flexibility index (Phi) is 2.51. The van der Waals surface area contributed by atoms with Gasteiger partial charge in [0.25, 0.3) is 0 Å². The Labute approximate surface area is 93.5 Å². The number of carbonyl (C=O) groups is 1. The van der Waals surface area contributed by atoms with Gasteiger partial charge in [0, 0.05) is 4.47 Å². The standard InChI is InChI=1S/C9H6BrN3O2/c10-6-2-1-3-7(8(6)9(14)15)13-5-4-11-12-13/h1-5H,(H,14,15). The predicted molar refractivity (Wildman–Crippen MR) is 56.0 cm³/mol. The van der Waals surface area contributed by atoms with Gasteiger partial charge in [0.05, 0.1) is 23.6 Å². The lowest BCUT2D eigenvalue weighted by atomic mass is 10.2. The number of benzene rings is 1. The van der Waals surface area contributed by atoms with Gasteiger partial charge in [-0.2, -0.15) is 0 Å². The summed E-state index contributed by atoms with van der Waals surface area (Å²) in [7, 11) is 0. The first-order chi connectivity index (χ1) is 7.20. The lowest BCUT2D eigenvalue weighted by Crippen LogP contribution is -2.06. The Morgan fingerprint density at radius 2 is 2.27 bits per heavy atom. The number of carboxylic acids is 1. The van der Waals surface area contributed by atoms with Crippen LogP contribution in [0.2, 0.25) is 0 Å². The van der Waals surface area contributed by atoms with Crippen molar-refractivity contribution in [3.63, 3.8) is 0 Å². The third-order valence-corrected chi connectivity index (χ3v) is 2.54. The topological polar surface area (TPSA) is 68.0 Å². The van der Waals surface area contributed by atoms with Crippen molar-refractivity contribution in [2.75, 3.05) is 0 Å². The van der Waals surface area contributed by atoms with Crippen molar-refractivity contribution in [3.8, 4) is 5.69 Å². The highest BCUT2D eigenvalue weighted by molar-refractivity contribution is 9.10. The van der Waals surface area contributed by atoms with Crippen LogP contribution in [0.3, 0.4) is 0 Å². The van der Waals surface area contributed by atoms with Gasteiger partial charge in [0.15, 0.2) is 0 Å². The molecule has 0 radical (unpaired) electrons. The molecule has 0 amide bonds. The third kappa shape index (κ3) is 1.75. The van der Waals surface area contributed by atoms with Gasteiger partial charge >= 0.3 is 5.97 Å². The molecule has 0 aliphatic heterocycles. The number of hydrogen-bond acceptors (Lipinski definition) is 3. The van der Waals surface area contributed by atoms with E-state index in [0.717, 1.165) is 0 Å². The van der Waals surface area contributed by atoms with Gasteiger partial charge in [-0.1, -0.05) is 11.3 Å². The van der Waals surface area contributed by atoms with E-state index in [0.29, 0.717) is 10.2 Å². The highest BCUT2D eigenvalue weighted by Crippen LogP contribution is 2.22. The zero-order valence-electron chi connectivity index (χ0n) is 7.46. The molecule has 6 heteroatoms. The number of hydrogen-bond donors (Lipinski definition) is 1. The van der Waals surface area contributed by atoms with E-state index in [9.17, 15) is 4.79 Å². The third-order valence-electron chi connectivity index (χ3n) is 1.87. The molecule has 5 nitrogen and oxygen atoms in total. The molecule has 0 bridgehead atoms. The Morgan fingerprint density at radius 3 is 2.87 bits per heavy atom. The first-order valence-corrected chi connectivity index (χ1v) is 4.88. The summed E-state index contributed by atoms with van der Waals surface area (Å²) in [6, 6.07) is 5.08. The van der Waals surface area contributed by atoms with Crippen molar-refractivity contribution < 1.29 is 9.90 Å². The molecule has 2 aromatic rings. The van der Waals surface area contributed by atoms with Crippen LogP contribution in [0.1, 0.15) is 10.4 Å². The molecule has 1 aromatic carbocycles. The van der Waals surface area contributed by atoms with Gasteiger partial charge in [-0.25, -0.2) is 9.48 Å². The molecule has 0 spiro atoms. The number of halogens is 1. The fourth-order valence-corrected chi connectivity index (χ4v) is 1.78. The second kappa shape index (κ2) is 3.82. The van der Waals surface area contributed by atoms with E-state index in [1.54, 1.807) is 24.4 Å². The molecule has 1 heterocycles. The van der Waals surface area contributed by atoms with Gasteiger partial charge in [0.1, 0.15) is 0 Å². The molecular formula is C9H6BrN3O2. The number of rotatable bonds is 2. The predicted octanol–water partition coefficient (Wildman–Crippen LogP) is 1.73. The van der Waals surface area contributed by atoms with Gasteiger partial charge in [-0.05, 0) is 28.1 Å². The van der Waals surface area contributed by atoms with Crippen molar-refractivity contribution in [2.24, 2.45) is 0 Å². The number of aromatic carboxylic acids is 1. The minimum atomic E-state index is -1.01. The lowest BCUT2D eigenvalue weighted by Gasteiger charge is -2.06. The zero-order valence-corrected chi connectivity index (χ0v) is 9.05. The van der Waals surface area contributed by atoms with E-state index < -0.39 is 5.97 Å². The van der Waals surface area contributed by atoms with Crippen molar-refractivity contribution in [1.29, 1.82) is 0 Å². The minimum absolute atomic E-state index is 0.169. The smallest absolute Gasteiger partial charge is 0.339 e. The summed E-state index contributed by atoms with van der Waals surface area (Å²) in [5.41, 5.74) is 0.650. The molecule has 2 rings (SSSR count). The molecule has 0 unspecified atom stereocenters. The van der Waals surface area contributed by atoms with Gasteiger partial charge in [0.2, 0.25) is 0 Å². The molecule has 0 aliphatic carbocycles. The van der Waals surface area contributed by atoms with Crippen LogP contribution in [0, 0.1) is 0 Å². The summed E-state index contributed by atoms with van der Waals surface area (Å²) >= 11 is 3.19. The molecule has 0 fully saturated rings. The largest absolute Gasteiger partial charge is 0.478 e. The van der Waals surface area contributed by atoms with Gasteiger partial charge in [-0.3, -0.25) is 0 Å². The van der Waals surface area contributed by atoms with E-state index in [1.165, 1.54) is 10.9 Å². The van der Waals surface area contributed by atoms with E-state index in [2.05, 4.69) is 26.2 Å². The molecule has 15 heavy (non-hydrogen) atoms. The van der Waals surface area contributed by atoms with E-state index >= 15 is 0 Å². The van der Waals surface area contributed by atoms with Gasteiger partial charge < -0.3 is 5.11 Å². The molecule has 1 N–H and O–H groups in total. The number of carboxylic acid groups (broad SMARTS) is 1. The molecule has 0 aliphatic rings. The number of nitrogens with zero attached hydrogens (tertiary/aromatic N) is 3. The Morgan fingerprint density at radius 1 is 1.47 bits per heavy atom. The second-order valence-corrected chi connectivity index (χ2v) is 3.64. The lowest BCUT2D eigenvalue weighted by molar-refractivity contribution is 0.0695. The van der Waals surface area contributed by atoms with Crippen LogP contribution in [0.4, 0.5) is 0 Å². The van der Waals surface area contributed by atoms with Crippen LogP contribution >= 0.6 is 15.9 Å². The number of aromatic nitrogens is 3. The molecule has 0 saturated heterocycles. The summed E-state index contributed by atoms with van der Waals surface area (Å²) in [4.78, 5) is 11.0. The van der Waals surface area contributed by atoms with E-state index in [-0.39, 0.29) is 5.56 Å². The maximum absolute atomic E-state index is 11.0. The summed E-state index contributed by atoms with van der Waals surface area (Å²) < 4.78 is 1.93. The van der Waals surface area contributed by atoms with Gasteiger partial charge in [-0.15, -0.1) is 5.10 Å². The summed E-state index contributed by atoms with van der Waals surface area (Å²) in [6.07, 6.45) is 3.08. The normalized spacial score (nSPS) is 10.2. The molecule has 0 saturated carbocycles. The molecule has 1 aromatic heterocycles. The monoisotopic (exact) mass is 267 g/mol. The SMILES string of the molecule is O=C(O)c1c(Br)cccc1-n1ccnn1. The molecule has 76 valence electrons. The van der Waals surface area contributed by atoms with E-state index in [4.69, 9.17) is 5.11 Å². The van der Waals surface area contributed by atoms with Crippen molar-refractivity contribution in [2.45, 2.75) is 0 Å².